The number of aryl methyl sites for hydroxylation is 1. The average Bonchev–Trinajstić information content (AvgIpc) is 3.60. The number of phenols is 1. The third-order valence-corrected chi connectivity index (χ3v) is 9.59. The second kappa shape index (κ2) is 7.83. The van der Waals surface area contributed by atoms with Crippen LogP contribution < -0.4 is 10.1 Å². The fourth-order valence-corrected chi connectivity index (χ4v) is 7.71. The fraction of sp³-hybridized carbons (Fsp3) is 0.500. The van der Waals surface area contributed by atoms with Crippen LogP contribution in [0.2, 0.25) is 0 Å². The number of benzene rings is 2. The molecule has 5 atom stereocenters. The number of aliphatic hydroxyl groups is 1. The van der Waals surface area contributed by atoms with Crippen molar-refractivity contribution in [2.45, 2.75) is 74.7 Å². The topological polar surface area (TPSA) is 82.0 Å². The summed E-state index contributed by atoms with van der Waals surface area (Å²) >= 11 is 0. The van der Waals surface area contributed by atoms with Crippen LogP contribution in [0.4, 0.5) is 0 Å². The fourth-order valence-electron chi connectivity index (χ4n) is 7.71. The molecular weight excluding hydrogens is 452 g/mol. The van der Waals surface area contributed by atoms with E-state index in [1.807, 2.05) is 43.3 Å². The van der Waals surface area contributed by atoms with Gasteiger partial charge in [-0.2, -0.15) is 0 Å². The van der Waals surface area contributed by atoms with Gasteiger partial charge in [0.1, 0.15) is 6.10 Å². The Morgan fingerprint density at radius 2 is 1.97 bits per heavy atom. The molecule has 2 heterocycles. The number of hydrogen-bond donors (Lipinski definition) is 3. The molecular formula is C30H34N2O4. The maximum Gasteiger partial charge on any atom is 0.244 e. The largest absolute Gasteiger partial charge is 0.504 e. The minimum atomic E-state index is -0.935. The van der Waals surface area contributed by atoms with Crippen molar-refractivity contribution in [2.75, 3.05) is 13.1 Å². The number of aromatic hydroxyl groups is 1. The number of phenolic OH excluding ortho intramolecular Hbond substituents is 1. The number of amides is 1. The molecule has 0 radical (unpaired) electrons. The molecule has 5 aliphatic rings. The summed E-state index contributed by atoms with van der Waals surface area (Å²) < 4.78 is 6.53. The van der Waals surface area contributed by atoms with E-state index in [1.165, 1.54) is 24.0 Å². The van der Waals surface area contributed by atoms with E-state index in [4.69, 9.17) is 4.74 Å². The van der Waals surface area contributed by atoms with Gasteiger partial charge in [-0.05, 0) is 81.2 Å². The van der Waals surface area contributed by atoms with Crippen LogP contribution in [0.25, 0.3) is 6.08 Å². The Morgan fingerprint density at radius 3 is 2.75 bits per heavy atom. The van der Waals surface area contributed by atoms with Gasteiger partial charge in [0.05, 0.1) is 17.1 Å². The van der Waals surface area contributed by atoms with E-state index in [9.17, 15) is 15.0 Å². The summed E-state index contributed by atoms with van der Waals surface area (Å²) in [6, 6.07) is 11.6. The van der Waals surface area contributed by atoms with Crippen molar-refractivity contribution in [3.05, 3.63) is 64.7 Å². The molecule has 188 valence electrons. The second-order valence-corrected chi connectivity index (χ2v) is 11.7. The first-order valence-corrected chi connectivity index (χ1v) is 13.4. The molecule has 1 saturated heterocycles. The van der Waals surface area contributed by atoms with E-state index in [0.717, 1.165) is 43.0 Å². The number of nitrogens with zero attached hydrogens (tertiary/aromatic N) is 1. The van der Waals surface area contributed by atoms with Gasteiger partial charge in [0.25, 0.3) is 0 Å². The highest BCUT2D eigenvalue weighted by molar-refractivity contribution is 5.92. The number of rotatable bonds is 5. The number of carbonyl (C=O) groups is 1. The van der Waals surface area contributed by atoms with Crippen LogP contribution in [0.3, 0.4) is 0 Å². The zero-order valence-corrected chi connectivity index (χ0v) is 20.7. The molecule has 1 amide bonds. The summed E-state index contributed by atoms with van der Waals surface area (Å²) in [6.45, 7) is 4.00. The summed E-state index contributed by atoms with van der Waals surface area (Å²) in [5.41, 5.74) is 2.77. The Labute approximate surface area is 212 Å². The van der Waals surface area contributed by atoms with Gasteiger partial charge in [-0.25, -0.2) is 0 Å². The summed E-state index contributed by atoms with van der Waals surface area (Å²) in [4.78, 5) is 15.5. The molecule has 3 fully saturated rings. The number of carbonyl (C=O) groups excluding carboxylic acids is 1. The Hall–Kier alpha value is -2.83. The Morgan fingerprint density at radius 1 is 1.17 bits per heavy atom. The molecule has 2 bridgehead atoms. The van der Waals surface area contributed by atoms with Crippen molar-refractivity contribution >= 4 is 12.0 Å². The first kappa shape index (κ1) is 22.4. The first-order chi connectivity index (χ1) is 17.4. The molecule has 1 spiro atoms. The molecule has 2 aromatic carbocycles. The maximum atomic E-state index is 13.0. The van der Waals surface area contributed by atoms with Crippen LogP contribution in [0.5, 0.6) is 11.5 Å². The van der Waals surface area contributed by atoms with E-state index < -0.39 is 17.1 Å². The van der Waals surface area contributed by atoms with Gasteiger partial charge < -0.3 is 20.3 Å². The number of hydrogen-bond acceptors (Lipinski definition) is 5. The predicted octanol–water partition coefficient (Wildman–Crippen LogP) is 3.46. The summed E-state index contributed by atoms with van der Waals surface area (Å²) in [5, 5.41) is 26.5. The third-order valence-electron chi connectivity index (χ3n) is 9.59. The van der Waals surface area contributed by atoms with Crippen LogP contribution in [0.15, 0.2) is 42.5 Å². The third kappa shape index (κ3) is 3.13. The number of likely N-dealkylation sites (tertiary alicyclic amines) is 1. The molecule has 3 aliphatic carbocycles. The van der Waals surface area contributed by atoms with Crippen LogP contribution >= 0.6 is 0 Å². The van der Waals surface area contributed by atoms with Crippen LogP contribution in [-0.2, 0) is 16.6 Å². The van der Waals surface area contributed by atoms with Crippen molar-refractivity contribution in [3.63, 3.8) is 0 Å². The Kier molecular flexibility index (Phi) is 4.87. The average molecular weight is 487 g/mol. The minimum absolute atomic E-state index is 0.0408. The van der Waals surface area contributed by atoms with Gasteiger partial charge in [-0.15, -0.1) is 0 Å². The van der Waals surface area contributed by atoms with Crippen molar-refractivity contribution in [3.8, 4) is 11.5 Å². The van der Waals surface area contributed by atoms with E-state index in [-0.39, 0.29) is 23.7 Å². The molecule has 7 rings (SSSR count). The van der Waals surface area contributed by atoms with Gasteiger partial charge in [0, 0.05) is 24.2 Å². The van der Waals surface area contributed by atoms with Gasteiger partial charge in [-0.3, -0.25) is 9.69 Å². The lowest BCUT2D eigenvalue weighted by Crippen LogP contribution is -2.78. The van der Waals surface area contributed by atoms with Crippen molar-refractivity contribution < 1.29 is 19.7 Å². The zero-order valence-electron chi connectivity index (χ0n) is 20.7. The lowest BCUT2D eigenvalue weighted by molar-refractivity contribution is -0.192. The van der Waals surface area contributed by atoms with Gasteiger partial charge in [-0.1, -0.05) is 35.9 Å². The van der Waals surface area contributed by atoms with E-state index in [2.05, 4.69) is 10.2 Å². The number of nitrogens with one attached hydrogen (secondary N) is 1. The minimum Gasteiger partial charge on any atom is -0.504 e. The summed E-state index contributed by atoms with van der Waals surface area (Å²) in [6.07, 6.45) is 8.39. The van der Waals surface area contributed by atoms with Gasteiger partial charge in [0.15, 0.2) is 11.5 Å². The highest BCUT2D eigenvalue weighted by atomic mass is 16.5. The number of ether oxygens (including phenoxy) is 1. The van der Waals surface area contributed by atoms with E-state index in [0.29, 0.717) is 18.6 Å². The smallest absolute Gasteiger partial charge is 0.244 e. The Bertz CT molecular complexity index is 1250. The standard InChI is InChI=1S/C30H34N2O4/c1-18-2-4-19(5-3-18)8-11-25(34)31-22-12-13-30(35)24-16-21-9-10-23(33)27-26(21)29(30,28(22)36-27)14-15-32(24)17-20-6-7-20/h2-5,8-11,20,22,24,28,33,35H,6-7,12-17H2,1H3,(H,31,34)/b11-8+/t22-,24?,28+,29+,30-/m1/s1. The monoisotopic (exact) mass is 486 g/mol. The SMILES string of the molecule is Cc1ccc(/C=C/C(=O)N[C@@H]2CC[C@@]3(O)C4Cc5ccc(O)c6c5[C@@]3(CCN4CC3CC3)[C@H]2O6)cc1. The normalized spacial score (nSPS) is 34.3. The maximum absolute atomic E-state index is 13.0. The van der Waals surface area contributed by atoms with E-state index in [1.54, 1.807) is 12.1 Å². The molecule has 6 nitrogen and oxygen atoms in total. The second-order valence-electron chi connectivity index (χ2n) is 11.7. The molecule has 2 saturated carbocycles. The summed E-state index contributed by atoms with van der Waals surface area (Å²) in [5.74, 6) is 1.24. The molecule has 3 N–H and O–H groups in total. The van der Waals surface area contributed by atoms with Crippen molar-refractivity contribution in [2.24, 2.45) is 5.92 Å². The zero-order chi connectivity index (χ0) is 24.7. The highest BCUT2D eigenvalue weighted by Gasteiger charge is 2.73. The van der Waals surface area contributed by atoms with Crippen LogP contribution in [-0.4, -0.2) is 57.9 Å². The lowest BCUT2D eigenvalue weighted by Gasteiger charge is -2.64. The van der Waals surface area contributed by atoms with Crippen molar-refractivity contribution in [1.82, 2.24) is 10.2 Å². The van der Waals surface area contributed by atoms with Gasteiger partial charge in [0.2, 0.25) is 5.91 Å². The molecule has 2 aliphatic heterocycles. The Balaban J connectivity index is 1.22. The number of piperidine rings is 1. The van der Waals surface area contributed by atoms with E-state index >= 15 is 0 Å². The molecule has 6 heteroatoms. The molecule has 36 heavy (non-hydrogen) atoms. The molecule has 1 unspecified atom stereocenters. The predicted molar refractivity (Wildman–Crippen MR) is 137 cm³/mol. The first-order valence-electron chi connectivity index (χ1n) is 13.4. The molecule has 0 aromatic heterocycles. The van der Waals surface area contributed by atoms with Crippen LogP contribution in [0, 0.1) is 12.8 Å². The molecule has 2 aromatic rings. The summed E-state index contributed by atoms with van der Waals surface area (Å²) in [7, 11) is 0. The lowest BCUT2D eigenvalue weighted by atomic mass is 9.48. The van der Waals surface area contributed by atoms with Gasteiger partial charge >= 0.3 is 0 Å². The quantitative estimate of drug-likeness (QED) is 0.564. The highest BCUT2D eigenvalue weighted by Crippen LogP contribution is 2.65. The van der Waals surface area contributed by atoms with Crippen molar-refractivity contribution in [1.29, 1.82) is 0 Å². The van der Waals surface area contributed by atoms with Crippen LogP contribution in [0.1, 0.15) is 54.4 Å².